The first-order valence-electron chi connectivity index (χ1n) is 8.28. The number of benzene rings is 2. The molecule has 6 nitrogen and oxygen atoms in total. The number of aliphatic hydroxyl groups excluding tert-OH is 1. The first-order valence-corrected chi connectivity index (χ1v) is 8.28. The third-order valence-corrected chi connectivity index (χ3v) is 4.26. The molecule has 1 atom stereocenters. The molecule has 132 valence electrons. The summed E-state index contributed by atoms with van der Waals surface area (Å²) in [6.07, 6.45) is 1.59. The zero-order valence-corrected chi connectivity index (χ0v) is 13.8. The maximum Gasteiger partial charge on any atom is 0.243 e. The maximum atomic E-state index is 10.9. The molecule has 2 aromatic carbocycles. The van der Waals surface area contributed by atoms with Crippen LogP contribution in [0.1, 0.15) is 37.4 Å². The van der Waals surface area contributed by atoms with E-state index in [1.807, 2.05) is 42.5 Å². The number of nitrogens with one attached hydrogen (secondary N) is 1. The molecule has 0 bridgehead atoms. The van der Waals surface area contributed by atoms with E-state index in [2.05, 4.69) is 0 Å². The first kappa shape index (κ1) is 17.3. The molecule has 0 radical (unpaired) electrons. The average Bonchev–Trinajstić information content (AvgIpc) is 3.12. The van der Waals surface area contributed by atoms with Gasteiger partial charge in [-0.05, 0) is 41.7 Å². The van der Waals surface area contributed by atoms with E-state index in [4.69, 9.17) is 14.7 Å². The van der Waals surface area contributed by atoms with Gasteiger partial charge < -0.3 is 14.6 Å². The van der Waals surface area contributed by atoms with Crippen molar-refractivity contribution in [3.63, 3.8) is 0 Å². The van der Waals surface area contributed by atoms with Crippen LogP contribution in [0.2, 0.25) is 0 Å². The van der Waals surface area contributed by atoms with E-state index in [0.29, 0.717) is 19.3 Å². The molecular weight excluding hydrogens is 322 g/mol. The van der Waals surface area contributed by atoms with Crippen molar-refractivity contribution < 1.29 is 24.6 Å². The van der Waals surface area contributed by atoms with Gasteiger partial charge in [0.1, 0.15) is 0 Å². The van der Waals surface area contributed by atoms with Gasteiger partial charge in [-0.2, -0.15) is 0 Å². The topological polar surface area (TPSA) is 88.0 Å². The lowest BCUT2D eigenvalue weighted by Gasteiger charge is -2.12. The number of fused-ring (bicyclic) bond motifs is 1. The Balaban J connectivity index is 1.57. The number of unbranched alkanes of at least 4 members (excludes halogenated alkanes) is 1. The summed E-state index contributed by atoms with van der Waals surface area (Å²) < 4.78 is 10.7. The molecular formula is C19H21NO5. The van der Waals surface area contributed by atoms with Crippen LogP contribution in [0, 0.1) is 0 Å². The molecule has 3 N–H and O–H groups in total. The number of rotatable bonds is 7. The van der Waals surface area contributed by atoms with Gasteiger partial charge in [0.05, 0.1) is 6.10 Å². The van der Waals surface area contributed by atoms with Gasteiger partial charge in [0.15, 0.2) is 11.5 Å². The molecule has 1 aliphatic rings. The Bertz CT molecular complexity index is 729. The van der Waals surface area contributed by atoms with Gasteiger partial charge in [-0.25, -0.2) is 5.48 Å². The Labute approximate surface area is 146 Å². The lowest BCUT2D eigenvalue weighted by Crippen LogP contribution is -2.17. The van der Waals surface area contributed by atoms with Crippen LogP contribution >= 0.6 is 0 Å². The van der Waals surface area contributed by atoms with Crippen LogP contribution in [0.15, 0.2) is 42.5 Å². The van der Waals surface area contributed by atoms with E-state index >= 15 is 0 Å². The van der Waals surface area contributed by atoms with E-state index < -0.39 is 12.0 Å². The number of hydroxylamine groups is 1. The lowest BCUT2D eigenvalue weighted by molar-refractivity contribution is -0.129. The second kappa shape index (κ2) is 8.00. The zero-order valence-electron chi connectivity index (χ0n) is 13.8. The van der Waals surface area contributed by atoms with Crippen LogP contribution in [0.3, 0.4) is 0 Å². The van der Waals surface area contributed by atoms with Crippen molar-refractivity contribution in [2.45, 2.75) is 31.8 Å². The van der Waals surface area contributed by atoms with Gasteiger partial charge in [-0.1, -0.05) is 36.8 Å². The van der Waals surface area contributed by atoms with Gasteiger partial charge in [0.2, 0.25) is 12.7 Å². The molecule has 0 saturated carbocycles. The molecule has 1 heterocycles. The minimum atomic E-state index is -0.567. The van der Waals surface area contributed by atoms with E-state index in [1.165, 1.54) is 0 Å². The molecule has 3 rings (SSSR count). The van der Waals surface area contributed by atoms with Crippen LogP contribution in [-0.4, -0.2) is 23.0 Å². The monoisotopic (exact) mass is 343 g/mol. The summed E-state index contributed by atoms with van der Waals surface area (Å²) in [5.41, 5.74) is 4.51. The number of hydrogen-bond acceptors (Lipinski definition) is 5. The maximum absolute atomic E-state index is 10.9. The molecule has 0 saturated heterocycles. The third kappa shape index (κ3) is 4.29. The highest BCUT2D eigenvalue weighted by Crippen LogP contribution is 2.36. The lowest BCUT2D eigenvalue weighted by atomic mass is 9.99. The highest BCUT2D eigenvalue weighted by atomic mass is 16.7. The Morgan fingerprint density at radius 2 is 1.76 bits per heavy atom. The first-order chi connectivity index (χ1) is 12.2. The Kier molecular flexibility index (Phi) is 5.53. The molecule has 2 aromatic rings. The predicted molar refractivity (Wildman–Crippen MR) is 91.4 cm³/mol. The summed E-state index contributed by atoms with van der Waals surface area (Å²) in [5.74, 6) is 1.10. The Morgan fingerprint density at radius 1 is 1.04 bits per heavy atom. The number of carbonyl (C=O) groups excluding carboxylic acids is 1. The average molecular weight is 343 g/mol. The summed E-state index contributed by atoms with van der Waals surface area (Å²) in [4.78, 5) is 10.9. The molecule has 0 fully saturated rings. The summed E-state index contributed by atoms with van der Waals surface area (Å²) in [6.45, 7) is 0.254. The van der Waals surface area contributed by atoms with Crippen molar-refractivity contribution in [3.8, 4) is 22.6 Å². The van der Waals surface area contributed by atoms with Crippen LogP contribution in [0.4, 0.5) is 0 Å². The normalized spacial score (nSPS) is 13.5. The minimum Gasteiger partial charge on any atom is -0.454 e. The second-order valence-electron chi connectivity index (χ2n) is 5.99. The molecule has 0 spiro atoms. The molecule has 1 amide bonds. The molecule has 25 heavy (non-hydrogen) atoms. The molecule has 0 aliphatic carbocycles. The fraction of sp³-hybridized carbons (Fsp3) is 0.316. The number of carbonyl (C=O) groups is 1. The fourth-order valence-electron chi connectivity index (χ4n) is 2.82. The van der Waals surface area contributed by atoms with Gasteiger partial charge in [-0.15, -0.1) is 0 Å². The number of aliphatic hydroxyl groups is 1. The quantitative estimate of drug-likeness (QED) is 0.408. The molecule has 6 heteroatoms. The summed E-state index contributed by atoms with van der Waals surface area (Å²) in [7, 11) is 0. The van der Waals surface area contributed by atoms with Gasteiger partial charge >= 0.3 is 0 Å². The van der Waals surface area contributed by atoms with Crippen LogP contribution < -0.4 is 15.0 Å². The fourth-order valence-corrected chi connectivity index (χ4v) is 2.82. The van der Waals surface area contributed by atoms with Gasteiger partial charge in [-0.3, -0.25) is 10.0 Å². The van der Waals surface area contributed by atoms with Crippen molar-refractivity contribution in [2.75, 3.05) is 6.79 Å². The van der Waals surface area contributed by atoms with Crippen molar-refractivity contribution in [1.82, 2.24) is 5.48 Å². The SMILES string of the molecule is O=C(CCCCC(O)c1ccc(-c2ccc3c(c2)OCO3)cc1)NO. The Morgan fingerprint density at radius 3 is 2.52 bits per heavy atom. The van der Waals surface area contributed by atoms with Crippen molar-refractivity contribution in [1.29, 1.82) is 0 Å². The van der Waals surface area contributed by atoms with Gasteiger partial charge in [0, 0.05) is 6.42 Å². The summed E-state index contributed by atoms with van der Waals surface area (Å²) in [5, 5.41) is 18.7. The standard InChI is InChI=1S/C19H21NO5/c21-16(3-1-2-4-19(22)20-23)14-7-5-13(6-8-14)15-9-10-17-18(11-15)25-12-24-17/h5-11,16,21,23H,1-4,12H2,(H,20,22). The van der Waals surface area contributed by atoms with E-state index in [9.17, 15) is 9.90 Å². The van der Waals surface area contributed by atoms with Gasteiger partial charge in [0.25, 0.3) is 0 Å². The number of ether oxygens (including phenoxy) is 2. The highest BCUT2D eigenvalue weighted by Gasteiger charge is 2.14. The largest absolute Gasteiger partial charge is 0.454 e. The predicted octanol–water partition coefficient (Wildman–Crippen LogP) is 3.18. The van der Waals surface area contributed by atoms with Crippen molar-refractivity contribution in [2.24, 2.45) is 0 Å². The van der Waals surface area contributed by atoms with Crippen LogP contribution in [-0.2, 0) is 4.79 Å². The summed E-state index contributed by atoms with van der Waals surface area (Å²) >= 11 is 0. The van der Waals surface area contributed by atoms with Crippen LogP contribution in [0.25, 0.3) is 11.1 Å². The van der Waals surface area contributed by atoms with E-state index in [1.54, 1.807) is 5.48 Å². The number of hydrogen-bond donors (Lipinski definition) is 3. The molecule has 0 aromatic heterocycles. The number of amides is 1. The van der Waals surface area contributed by atoms with E-state index in [-0.39, 0.29) is 13.2 Å². The molecule has 1 unspecified atom stereocenters. The summed E-state index contributed by atoms with van der Waals surface area (Å²) in [6, 6.07) is 13.6. The third-order valence-electron chi connectivity index (χ3n) is 4.26. The Hall–Kier alpha value is -2.57. The zero-order chi connectivity index (χ0) is 17.6. The van der Waals surface area contributed by atoms with Crippen molar-refractivity contribution >= 4 is 5.91 Å². The van der Waals surface area contributed by atoms with Crippen LogP contribution in [0.5, 0.6) is 11.5 Å². The second-order valence-corrected chi connectivity index (χ2v) is 5.99. The highest BCUT2D eigenvalue weighted by molar-refractivity contribution is 5.74. The molecule has 1 aliphatic heterocycles. The van der Waals surface area contributed by atoms with E-state index in [0.717, 1.165) is 28.2 Å². The van der Waals surface area contributed by atoms with Crippen molar-refractivity contribution in [3.05, 3.63) is 48.0 Å². The minimum absolute atomic E-state index is 0.254. The smallest absolute Gasteiger partial charge is 0.243 e.